The third-order valence-corrected chi connectivity index (χ3v) is 5.68. The number of nitrogens with one attached hydrogen (secondary N) is 1. The Morgan fingerprint density at radius 1 is 1.04 bits per heavy atom. The molecule has 1 heterocycles. The second-order valence-corrected chi connectivity index (χ2v) is 7.96. The van der Waals surface area contributed by atoms with Crippen molar-refractivity contribution in [3.05, 3.63) is 52.8 Å². The number of hydrogen-bond acceptors (Lipinski definition) is 6. The summed E-state index contributed by atoms with van der Waals surface area (Å²) >= 11 is 0. The summed E-state index contributed by atoms with van der Waals surface area (Å²) in [5.74, 6) is 0. The van der Waals surface area contributed by atoms with E-state index in [2.05, 4.69) is 10.2 Å². The van der Waals surface area contributed by atoms with Gasteiger partial charge in [0.1, 0.15) is 0 Å². The topological polar surface area (TPSA) is 115 Å². The molecule has 3 rings (SSSR count). The number of H-pyrrole nitrogens is 1. The van der Waals surface area contributed by atoms with E-state index in [0.717, 1.165) is 38.5 Å². The van der Waals surface area contributed by atoms with E-state index in [1.165, 1.54) is 37.1 Å². The molecule has 1 fully saturated rings. The summed E-state index contributed by atoms with van der Waals surface area (Å²) in [6, 6.07) is 6.64. The van der Waals surface area contributed by atoms with Gasteiger partial charge < -0.3 is 0 Å². The predicted molar refractivity (Wildman–Crippen MR) is 101 cm³/mol. The number of aromatic nitrogens is 2. The van der Waals surface area contributed by atoms with Gasteiger partial charge in [-0.2, -0.15) is 13.5 Å². The summed E-state index contributed by atoms with van der Waals surface area (Å²) in [5.41, 5.74) is -0.138. The Labute approximate surface area is 159 Å². The quantitative estimate of drug-likeness (QED) is 0.471. The Kier molecular flexibility index (Phi) is 8.41. The molecular weight excluding hydrogens is 370 g/mol. The van der Waals surface area contributed by atoms with Crippen LogP contribution in [0.25, 0.3) is 0 Å². The second kappa shape index (κ2) is 10.8. The van der Waals surface area contributed by atoms with Crippen molar-refractivity contribution in [1.82, 2.24) is 10.2 Å². The van der Waals surface area contributed by atoms with Gasteiger partial charge in [0.15, 0.2) is 0 Å². The van der Waals surface area contributed by atoms with Crippen molar-refractivity contribution >= 4 is 15.8 Å². The fourth-order valence-electron chi connectivity index (χ4n) is 2.88. The Bertz CT molecular complexity index is 749. The third-order valence-electron chi connectivity index (χ3n) is 4.31. The summed E-state index contributed by atoms with van der Waals surface area (Å²) < 4.78 is 29.9. The number of non-ortho nitro benzene ring substituents is 1. The summed E-state index contributed by atoms with van der Waals surface area (Å²) in [6.07, 6.45) is 11.2. The van der Waals surface area contributed by atoms with Crippen LogP contribution in [0.2, 0.25) is 0 Å². The zero-order chi connectivity index (χ0) is 19.5. The molecular formula is C18H25N3O5S. The van der Waals surface area contributed by atoms with Crippen LogP contribution < -0.4 is 0 Å². The number of aromatic amines is 1. The van der Waals surface area contributed by atoms with Crippen LogP contribution in [0.5, 0.6) is 0 Å². The van der Waals surface area contributed by atoms with Crippen LogP contribution in [0.3, 0.4) is 0 Å². The van der Waals surface area contributed by atoms with Crippen molar-refractivity contribution in [2.45, 2.75) is 62.4 Å². The molecule has 0 saturated heterocycles. The molecule has 1 aliphatic rings. The van der Waals surface area contributed by atoms with Crippen molar-refractivity contribution in [2.75, 3.05) is 0 Å². The molecule has 148 valence electrons. The predicted octanol–water partition coefficient (Wildman–Crippen LogP) is 4.21. The standard InChI is InChI=1S/C15H21NO5S.C3H4N2/c17-16(18)13-9-11-15(12-10-13)22(19,20)21-14-7-5-3-1-2-4-6-8-14;1-2-4-5-3-1/h9-12,14H,1-8H2;1-3H,(H,4,5). The molecule has 0 spiro atoms. The molecule has 27 heavy (non-hydrogen) atoms. The molecule has 0 aliphatic heterocycles. The maximum Gasteiger partial charge on any atom is 0.297 e. The molecule has 1 aliphatic carbocycles. The van der Waals surface area contributed by atoms with Crippen LogP contribution in [0.1, 0.15) is 51.4 Å². The van der Waals surface area contributed by atoms with E-state index in [4.69, 9.17) is 4.18 Å². The molecule has 1 N–H and O–H groups in total. The molecule has 0 atom stereocenters. The largest absolute Gasteiger partial charge is 0.297 e. The fourth-order valence-corrected chi connectivity index (χ4v) is 4.01. The van der Waals surface area contributed by atoms with Gasteiger partial charge in [-0.3, -0.25) is 19.4 Å². The van der Waals surface area contributed by atoms with E-state index in [0.29, 0.717) is 0 Å². The minimum Gasteiger partial charge on any atom is -0.286 e. The highest BCUT2D eigenvalue weighted by Gasteiger charge is 2.22. The van der Waals surface area contributed by atoms with Crippen LogP contribution >= 0.6 is 0 Å². The molecule has 8 nitrogen and oxygen atoms in total. The molecule has 0 unspecified atom stereocenters. The highest BCUT2D eigenvalue weighted by Crippen LogP contribution is 2.24. The number of hydrogen-bond donors (Lipinski definition) is 1. The van der Waals surface area contributed by atoms with Crippen molar-refractivity contribution in [3.8, 4) is 0 Å². The van der Waals surface area contributed by atoms with E-state index >= 15 is 0 Å². The zero-order valence-corrected chi connectivity index (χ0v) is 15.9. The number of nitrogens with zero attached hydrogens (tertiary/aromatic N) is 2. The van der Waals surface area contributed by atoms with Crippen LogP contribution in [-0.4, -0.2) is 29.6 Å². The monoisotopic (exact) mass is 395 g/mol. The van der Waals surface area contributed by atoms with Crippen molar-refractivity contribution in [3.63, 3.8) is 0 Å². The lowest BCUT2D eigenvalue weighted by Gasteiger charge is -2.16. The van der Waals surface area contributed by atoms with Crippen LogP contribution in [0.4, 0.5) is 5.69 Å². The molecule has 1 aromatic heterocycles. The van der Waals surface area contributed by atoms with Crippen LogP contribution in [-0.2, 0) is 14.3 Å². The van der Waals surface area contributed by atoms with Gasteiger partial charge in [0.05, 0.1) is 15.9 Å². The normalized spacial score (nSPS) is 16.3. The molecule has 9 heteroatoms. The second-order valence-electron chi connectivity index (χ2n) is 6.39. The number of nitro benzene ring substituents is 1. The minimum absolute atomic E-state index is 0.0297. The van der Waals surface area contributed by atoms with Crippen molar-refractivity contribution in [1.29, 1.82) is 0 Å². The van der Waals surface area contributed by atoms with Crippen LogP contribution in [0, 0.1) is 10.1 Å². The molecule has 1 aromatic carbocycles. The third kappa shape index (κ3) is 7.48. The van der Waals surface area contributed by atoms with E-state index in [1.54, 1.807) is 12.4 Å². The maximum absolute atomic E-state index is 12.3. The molecule has 1 saturated carbocycles. The fraction of sp³-hybridized carbons (Fsp3) is 0.500. The Morgan fingerprint density at radius 3 is 2.07 bits per heavy atom. The van der Waals surface area contributed by atoms with Gasteiger partial charge in [0.25, 0.3) is 15.8 Å². The lowest BCUT2D eigenvalue weighted by atomic mass is 10.1. The highest BCUT2D eigenvalue weighted by molar-refractivity contribution is 7.86. The van der Waals surface area contributed by atoms with Gasteiger partial charge in [0, 0.05) is 24.5 Å². The first-order valence-electron chi connectivity index (χ1n) is 9.10. The summed E-state index contributed by atoms with van der Waals surface area (Å²) in [6.45, 7) is 0. The van der Waals surface area contributed by atoms with E-state index < -0.39 is 15.0 Å². The van der Waals surface area contributed by atoms with E-state index in [9.17, 15) is 18.5 Å². The van der Waals surface area contributed by atoms with Gasteiger partial charge in [0.2, 0.25) is 0 Å². The SMILES string of the molecule is O=[N+]([O-])c1ccc(S(=O)(=O)OC2CCCCCCCC2)cc1.c1cn[nH]c1. The highest BCUT2D eigenvalue weighted by atomic mass is 32.2. The Morgan fingerprint density at radius 2 is 1.63 bits per heavy atom. The summed E-state index contributed by atoms with van der Waals surface area (Å²) in [4.78, 5) is 10.0. The van der Waals surface area contributed by atoms with Crippen LogP contribution in [0.15, 0.2) is 47.6 Å². The number of rotatable bonds is 4. The number of benzene rings is 1. The maximum atomic E-state index is 12.3. The van der Waals surface area contributed by atoms with Crippen molar-refractivity contribution < 1.29 is 17.5 Å². The molecule has 0 bridgehead atoms. The summed E-state index contributed by atoms with van der Waals surface area (Å²) in [7, 11) is -3.86. The minimum atomic E-state index is -3.86. The first-order valence-corrected chi connectivity index (χ1v) is 10.5. The van der Waals surface area contributed by atoms with Gasteiger partial charge in [-0.05, 0) is 31.0 Å². The molecule has 0 radical (unpaired) electrons. The smallest absolute Gasteiger partial charge is 0.286 e. The lowest BCUT2D eigenvalue weighted by molar-refractivity contribution is -0.384. The first kappa shape index (κ1) is 21.0. The first-order chi connectivity index (χ1) is 13.0. The van der Waals surface area contributed by atoms with Gasteiger partial charge in [-0.15, -0.1) is 0 Å². The molecule has 0 amide bonds. The van der Waals surface area contributed by atoms with E-state index in [-0.39, 0.29) is 16.7 Å². The van der Waals surface area contributed by atoms with Gasteiger partial charge in [-0.25, -0.2) is 0 Å². The average Bonchev–Trinajstić information content (AvgIpc) is 3.25. The number of nitro groups is 1. The van der Waals surface area contributed by atoms with Gasteiger partial charge in [-0.1, -0.05) is 38.5 Å². The summed E-state index contributed by atoms with van der Waals surface area (Å²) in [5, 5.41) is 16.8. The lowest BCUT2D eigenvalue weighted by Crippen LogP contribution is -2.18. The Balaban J connectivity index is 0.000000451. The molecule has 2 aromatic rings. The van der Waals surface area contributed by atoms with E-state index in [1.807, 2.05) is 6.07 Å². The van der Waals surface area contributed by atoms with Gasteiger partial charge >= 0.3 is 0 Å². The Hall–Kier alpha value is -2.26. The average molecular weight is 395 g/mol. The zero-order valence-electron chi connectivity index (χ0n) is 15.1. The van der Waals surface area contributed by atoms with Crippen molar-refractivity contribution in [2.24, 2.45) is 0 Å².